The van der Waals surface area contributed by atoms with Gasteiger partial charge in [-0.2, -0.15) is 4.98 Å². The normalized spacial score (nSPS) is 12.4. The van der Waals surface area contributed by atoms with E-state index in [1.165, 1.54) is 0 Å². The first kappa shape index (κ1) is 14.1. The second kappa shape index (κ2) is 5.92. The molecule has 1 aromatic heterocycles. The number of benzene rings is 2. The lowest BCUT2D eigenvalue weighted by atomic mass is 10.2. The zero-order chi connectivity index (χ0) is 15.6. The summed E-state index contributed by atoms with van der Waals surface area (Å²) in [4.78, 5) is 4.32. The van der Waals surface area contributed by atoms with Crippen LogP contribution in [0.3, 0.4) is 0 Å². The van der Waals surface area contributed by atoms with E-state index in [2.05, 4.69) is 26.1 Å². The van der Waals surface area contributed by atoms with Crippen LogP contribution in [0, 0.1) is 0 Å². The Morgan fingerprint density at radius 3 is 2.74 bits per heavy atom. The van der Waals surface area contributed by atoms with Crippen LogP contribution in [0.1, 0.15) is 5.89 Å². The molecule has 0 saturated heterocycles. The van der Waals surface area contributed by atoms with Gasteiger partial charge in [0.1, 0.15) is 5.75 Å². The topological polar surface area (TPSA) is 66.6 Å². The molecule has 0 bridgehead atoms. The highest BCUT2D eigenvalue weighted by atomic mass is 79.9. The fraction of sp³-hybridized carbons (Fsp3) is 0.125. The molecule has 0 spiro atoms. The Morgan fingerprint density at radius 2 is 1.87 bits per heavy atom. The van der Waals surface area contributed by atoms with Crippen molar-refractivity contribution in [1.29, 1.82) is 0 Å². The fourth-order valence-electron chi connectivity index (χ4n) is 2.14. The molecule has 0 radical (unpaired) electrons. The molecule has 6 nitrogen and oxygen atoms in total. The quantitative estimate of drug-likeness (QED) is 0.691. The number of rotatable bonds is 4. The number of ether oxygens (including phenoxy) is 3. The van der Waals surface area contributed by atoms with E-state index >= 15 is 0 Å². The molecular formula is C16H11BrN2O4. The van der Waals surface area contributed by atoms with Crippen molar-refractivity contribution in [1.82, 2.24) is 10.1 Å². The van der Waals surface area contributed by atoms with Crippen LogP contribution >= 0.6 is 15.9 Å². The summed E-state index contributed by atoms with van der Waals surface area (Å²) in [6, 6.07) is 13.1. The molecule has 0 atom stereocenters. The van der Waals surface area contributed by atoms with E-state index in [9.17, 15) is 0 Å². The van der Waals surface area contributed by atoms with E-state index in [0.717, 1.165) is 10.0 Å². The lowest BCUT2D eigenvalue weighted by Gasteiger charge is -2.03. The molecule has 3 aromatic rings. The van der Waals surface area contributed by atoms with E-state index in [4.69, 9.17) is 18.7 Å². The molecule has 116 valence electrons. The van der Waals surface area contributed by atoms with Gasteiger partial charge >= 0.3 is 0 Å². The zero-order valence-electron chi connectivity index (χ0n) is 11.9. The number of hydrogen-bond acceptors (Lipinski definition) is 6. The van der Waals surface area contributed by atoms with Crippen molar-refractivity contribution < 1.29 is 18.7 Å². The Morgan fingerprint density at radius 1 is 1.04 bits per heavy atom. The first-order valence-corrected chi connectivity index (χ1v) is 7.68. The monoisotopic (exact) mass is 374 g/mol. The Hall–Kier alpha value is -2.54. The number of nitrogens with zero attached hydrogens (tertiary/aromatic N) is 2. The van der Waals surface area contributed by atoms with Crippen LogP contribution < -0.4 is 14.2 Å². The largest absolute Gasteiger partial charge is 0.484 e. The SMILES string of the molecule is Brc1ccc(-c2noc(COc3ccc4c(c3)OCO4)n2)cc1. The predicted octanol–water partition coefficient (Wildman–Crippen LogP) is 3.81. The minimum atomic E-state index is 0.184. The Labute approximate surface area is 140 Å². The first-order chi connectivity index (χ1) is 11.3. The smallest absolute Gasteiger partial charge is 0.264 e. The summed E-state index contributed by atoms with van der Waals surface area (Å²) in [6.45, 7) is 0.419. The molecule has 2 aromatic carbocycles. The van der Waals surface area contributed by atoms with Gasteiger partial charge in [0, 0.05) is 16.1 Å². The van der Waals surface area contributed by atoms with E-state index in [0.29, 0.717) is 29.0 Å². The highest BCUT2D eigenvalue weighted by Gasteiger charge is 2.14. The predicted molar refractivity (Wildman–Crippen MR) is 84.3 cm³/mol. The van der Waals surface area contributed by atoms with Crippen molar-refractivity contribution in [2.75, 3.05) is 6.79 Å². The Bertz CT molecular complexity index is 832. The molecule has 0 aliphatic carbocycles. The van der Waals surface area contributed by atoms with Gasteiger partial charge in [-0.25, -0.2) is 0 Å². The van der Waals surface area contributed by atoms with Crippen LogP contribution in [-0.2, 0) is 6.61 Å². The van der Waals surface area contributed by atoms with E-state index in [1.54, 1.807) is 18.2 Å². The van der Waals surface area contributed by atoms with Crippen molar-refractivity contribution >= 4 is 15.9 Å². The number of halogens is 1. The van der Waals surface area contributed by atoms with E-state index in [-0.39, 0.29) is 13.4 Å². The van der Waals surface area contributed by atoms with Gasteiger partial charge in [0.2, 0.25) is 12.6 Å². The van der Waals surface area contributed by atoms with Gasteiger partial charge in [-0.05, 0) is 36.4 Å². The molecule has 0 amide bonds. The van der Waals surface area contributed by atoms with Crippen LogP contribution in [0.25, 0.3) is 11.4 Å². The minimum Gasteiger partial charge on any atom is -0.484 e. The molecule has 0 unspecified atom stereocenters. The van der Waals surface area contributed by atoms with Gasteiger partial charge in [-0.1, -0.05) is 21.1 Å². The average molecular weight is 375 g/mol. The van der Waals surface area contributed by atoms with Gasteiger partial charge in [0.25, 0.3) is 5.89 Å². The molecule has 2 heterocycles. The van der Waals surface area contributed by atoms with Gasteiger partial charge in [0.05, 0.1) is 0 Å². The molecular weight excluding hydrogens is 364 g/mol. The third-order valence-electron chi connectivity index (χ3n) is 3.28. The molecule has 1 aliphatic rings. The number of hydrogen-bond donors (Lipinski definition) is 0. The number of fused-ring (bicyclic) bond motifs is 1. The summed E-state index contributed by atoms with van der Waals surface area (Å²) in [5, 5.41) is 3.96. The van der Waals surface area contributed by atoms with E-state index < -0.39 is 0 Å². The van der Waals surface area contributed by atoms with Crippen molar-refractivity contribution in [2.24, 2.45) is 0 Å². The summed E-state index contributed by atoms with van der Waals surface area (Å²) >= 11 is 3.39. The maximum absolute atomic E-state index is 5.65. The first-order valence-electron chi connectivity index (χ1n) is 6.89. The van der Waals surface area contributed by atoms with Crippen molar-refractivity contribution in [3.05, 3.63) is 52.8 Å². The lowest BCUT2D eigenvalue weighted by molar-refractivity contribution is 0.173. The highest BCUT2D eigenvalue weighted by Crippen LogP contribution is 2.35. The maximum Gasteiger partial charge on any atom is 0.264 e. The Kier molecular flexibility index (Phi) is 3.63. The molecule has 0 N–H and O–H groups in total. The Balaban J connectivity index is 1.44. The van der Waals surface area contributed by atoms with Gasteiger partial charge in [0.15, 0.2) is 18.1 Å². The highest BCUT2D eigenvalue weighted by molar-refractivity contribution is 9.10. The molecule has 7 heteroatoms. The summed E-state index contributed by atoms with van der Waals surface area (Å²) in [6.07, 6.45) is 0. The molecule has 23 heavy (non-hydrogen) atoms. The third-order valence-corrected chi connectivity index (χ3v) is 3.81. The van der Waals surface area contributed by atoms with Crippen LogP contribution in [-0.4, -0.2) is 16.9 Å². The van der Waals surface area contributed by atoms with E-state index in [1.807, 2.05) is 24.3 Å². The standard InChI is InChI=1S/C16H11BrN2O4/c17-11-3-1-10(2-4-11)16-18-15(23-19-16)8-20-12-5-6-13-14(7-12)22-9-21-13/h1-7H,8-9H2. The van der Waals surface area contributed by atoms with Crippen molar-refractivity contribution in [3.63, 3.8) is 0 Å². The van der Waals surface area contributed by atoms with Crippen LogP contribution in [0.4, 0.5) is 0 Å². The molecule has 0 saturated carbocycles. The minimum absolute atomic E-state index is 0.184. The summed E-state index contributed by atoms with van der Waals surface area (Å²) in [5.74, 6) is 2.97. The van der Waals surface area contributed by atoms with Crippen LogP contribution in [0.2, 0.25) is 0 Å². The summed E-state index contributed by atoms with van der Waals surface area (Å²) in [7, 11) is 0. The third kappa shape index (κ3) is 3.00. The van der Waals surface area contributed by atoms with Crippen molar-refractivity contribution in [2.45, 2.75) is 6.61 Å². The maximum atomic E-state index is 5.65. The average Bonchev–Trinajstić information content (AvgIpc) is 3.22. The zero-order valence-corrected chi connectivity index (χ0v) is 13.4. The summed E-state index contributed by atoms with van der Waals surface area (Å²) in [5.41, 5.74) is 0.881. The summed E-state index contributed by atoms with van der Waals surface area (Å²) < 4.78 is 22.4. The molecule has 4 rings (SSSR count). The fourth-order valence-corrected chi connectivity index (χ4v) is 2.41. The van der Waals surface area contributed by atoms with Crippen LogP contribution in [0.15, 0.2) is 51.5 Å². The lowest BCUT2D eigenvalue weighted by Crippen LogP contribution is -1.95. The number of aromatic nitrogens is 2. The second-order valence-corrected chi connectivity index (χ2v) is 5.74. The van der Waals surface area contributed by atoms with Crippen molar-refractivity contribution in [3.8, 4) is 28.6 Å². The molecule has 1 aliphatic heterocycles. The van der Waals surface area contributed by atoms with Crippen LogP contribution in [0.5, 0.6) is 17.2 Å². The second-order valence-electron chi connectivity index (χ2n) is 4.82. The van der Waals surface area contributed by atoms with Gasteiger partial charge in [-0.15, -0.1) is 0 Å². The van der Waals surface area contributed by atoms with Gasteiger partial charge in [-0.3, -0.25) is 0 Å². The molecule has 0 fully saturated rings. The van der Waals surface area contributed by atoms with Gasteiger partial charge < -0.3 is 18.7 Å².